The highest BCUT2D eigenvalue weighted by Gasteiger charge is 2.30. The summed E-state index contributed by atoms with van der Waals surface area (Å²) in [4.78, 5) is 38.3. The molecule has 0 spiro atoms. The standard InChI is InChI=1S/C26H30N2O5/c1-3-15-28(16-4-2)25(31)23(13-14-24(29)30)27-26(32)33-17-22-20-11-7-5-9-18(20)19-10-6-8-12-21(19)22/h3,5-12,22-23H,1,4,13-17H2,2H3,(H,27,32)(H,29,30). The Hall–Kier alpha value is -3.61. The van der Waals surface area contributed by atoms with E-state index in [0.29, 0.717) is 13.1 Å². The molecule has 0 saturated carbocycles. The number of rotatable bonds is 11. The second-order valence-electron chi connectivity index (χ2n) is 8.03. The number of aliphatic carboxylic acids is 1. The molecule has 1 aliphatic carbocycles. The van der Waals surface area contributed by atoms with Crippen LogP contribution < -0.4 is 5.32 Å². The van der Waals surface area contributed by atoms with Gasteiger partial charge in [-0.15, -0.1) is 6.58 Å². The molecular formula is C26H30N2O5. The van der Waals surface area contributed by atoms with Crippen LogP contribution in [-0.4, -0.2) is 53.7 Å². The Morgan fingerprint density at radius 3 is 2.27 bits per heavy atom. The lowest BCUT2D eigenvalue weighted by Crippen LogP contribution is -2.49. The maximum atomic E-state index is 13.0. The number of amides is 2. The highest BCUT2D eigenvalue weighted by atomic mass is 16.5. The lowest BCUT2D eigenvalue weighted by Gasteiger charge is -2.26. The largest absolute Gasteiger partial charge is 0.481 e. The number of alkyl carbamates (subject to hydrolysis) is 1. The quantitative estimate of drug-likeness (QED) is 0.501. The van der Waals surface area contributed by atoms with Crippen molar-refractivity contribution in [2.24, 2.45) is 0 Å². The van der Waals surface area contributed by atoms with Gasteiger partial charge in [-0.25, -0.2) is 4.79 Å². The third-order valence-electron chi connectivity index (χ3n) is 5.74. The minimum atomic E-state index is -1.03. The van der Waals surface area contributed by atoms with E-state index in [9.17, 15) is 14.4 Å². The Labute approximate surface area is 194 Å². The zero-order valence-electron chi connectivity index (χ0n) is 18.8. The van der Waals surface area contributed by atoms with E-state index in [2.05, 4.69) is 24.0 Å². The summed E-state index contributed by atoms with van der Waals surface area (Å²) in [6.07, 6.45) is 1.34. The van der Waals surface area contributed by atoms with E-state index in [1.54, 1.807) is 11.0 Å². The van der Waals surface area contributed by atoms with E-state index in [1.165, 1.54) is 0 Å². The molecule has 0 aliphatic heterocycles. The number of carboxylic acid groups (broad SMARTS) is 1. The maximum absolute atomic E-state index is 13.0. The van der Waals surface area contributed by atoms with Crippen molar-refractivity contribution in [3.8, 4) is 11.1 Å². The number of carbonyl (C=O) groups is 3. The molecule has 1 atom stereocenters. The van der Waals surface area contributed by atoms with Gasteiger partial charge in [0.2, 0.25) is 5.91 Å². The number of fused-ring (bicyclic) bond motifs is 3. The van der Waals surface area contributed by atoms with Crippen molar-refractivity contribution in [3.05, 3.63) is 72.3 Å². The number of carbonyl (C=O) groups excluding carboxylic acids is 2. The molecule has 2 N–H and O–H groups in total. The highest BCUT2D eigenvalue weighted by Crippen LogP contribution is 2.44. The van der Waals surface area contributed by atoms with E-state index in [0.717, 1.165) is 28.7 Å². The fraction of sp³-hybridized carbons (Fsp3) is 0.346. The topological polar surface area (TPSA) is 95.9 Å². The average Bonchev–Trinajstić information content (AvgIpc) is 3.13. The lowest BCUT2D eigenvalue weighted by molar-refractivity contribution is -0.138. The zero-order chi connectivity index (χ0) is 23.8. The van der Waals surface area contributed by atoms with Crippen LogP contribution in [0.2, 0.25) is 0 Å². The van der Waals surface area contributed by atoms with Crippen LogP contribution in [0.25, 0.3) is 11.1 Å². The first-order chi connectivity index (χ1) is 16.0. The predicted molar refractivity (Wildman–Crippen MR) is 126 cm³/mol. The molecule has 0 saturated heterocycles. The van der Waals surface area contributed by atoms with E-state index in [1.807, 2.05) is 43.3 Å². The highest BCUT2D eigenvalue weighted by molar-refractivity contribution is 5.86. The zero-order valence-corrected chi connectivity index (χ0v) is 18.8. The first kappa shape index (κ1) is 24.0. The van der Waals surface area contributed by atoms with Gasteiger partial charge in [0.05, 0.1) is 0 Å². The van der Waals surface area contributed by atoms with Crippen LogP contribution in [-0.2, 0) is 14.3 Å². The smallest absolute Gasteiger partial charge is 0.407 e. The van der Waals surface area contributed by atoms with Gasteiger partial charge >= 0.3 is 12.1 Å². The molecular weight excluding hydrogens is 420 g/mol. The van der Waals surface area contributed by atoms with Gasteiger partial charge in [0.1, 0.15) is 12.6 Å². The van der Waals surface area contributed by atoms with Gasteiger partial charge in [0, 0.05) is 25.4 Å². The molecule has 1 unspecified atom stereocenters. The van der Waals surface area contributed by atoms with Crippen LogP contribution in [0.5, 0.6) is 0 Å². The van der Waals surface area contributed by atoms with Gasteiger partial charge in [-0.05, 0) is 35.1 Å². The summed E-state index contributed by atoms with van der Waals surface area (Å²) in [6.45, 7) is 6.53. The molecule has 0 bridgehead atoms. The van der Waals surface area contributed by atoms with Gasteiger partial charge in [-0.2, -0.15) is 0 Å². The van der Waals surface area contributed by atoms with Crippen molar-refractivity contribution >= 4 is 18.0 Å². The molecule has 0 aromatic heterocycles. The van der Waals surface area contributed by atoms with Gasteiger partial charge in [0.15, 0.2) is 0 Å². The molecule has 1 aliphatic rings. The number of benzene rings is 2. The molecule has 7 nitrogen and oxygen atoms in total. The van der Waals surface area contributed by atoms with Crippen LogP contribution in [0.3, 0.4) is 0 Å². The summed E-state index contributed by atoms with van der Waals surface area (Å²) in [5.41, 5.74) is 4.42. The van der Waals surface area contributed by atoms with Crippen molar-refractivity contribution in [2.75, 3.05) is 19.7 Å². The van der Waals surface area contributed by atoms with Crippen molar-refractivity contribution in [3.63, 3.8) is 0 Å². The molecule has 3 rings (SSSR count). The van der Waals surface area contributed by atoms with Crippen LogP contribution in [0.4, 0.5) is 4.79 Å². The Balaban J connectivity index is 1.69. The first-order valence-corrected chi connectivity index (χ1v) is 11.2. The third-order valence-corrected chi connectivity index (χ3v) is 5.74. The predicted octanol–water partition coefficient (Wildman–Crippen LogP) is 4.18. The van der Waals surface area contributed by atoms with Gasteiger partial charge in [0.25, 0.3) is 0 Å². The van der Waals surface area contributed by atoms with Crippen LogP contribution >= 0.6 is 0 Å². The molecule has 174 valence electrons. The second-order valence-corrected chi connectivity index (χ2v) is 8.03. The number of nitrogens with one attached hydrogen (secondary N) is 1. The summed E-state index contributed by atoms with van der Waals surface area (Å²) in [6, 6.07) is 15.1. The van der Waals surface area contributed by atoms with Crippen LogP contribution in [0.1, 0.15) is 43.2 Å². The van der Waals surface area contributed by atoms with E-state index in [4.69, 9.17) is 9.84 Å². The monoisotopic (exact) mass is 450 g/mol. The SMILES string of the molecule is C=CCN(CCC)C(=O)C(CCC(=O)O)NC(=O)OCC1c2ccccc2-c2ccccc21. The molecule has 2 aromatic carbocycles. The molecule has 0 heterocycles. The normalized spacial score (nSPS) is 12.9. The Bertz CT molecular complexity index is 974. The van der Waals surface area contributed by atoms with Crippen LogP contribution in [0, 0.1) is 0 Å². The lowest BCUT2D eigenvalue weighted by atomic mass is 9.98. The number of nitrogens with zero attached hydrogens (tertiary/aromatic N) is 1. The summed E-state index contributed by atoms with van der Waals surface area (Å²) in [5.74, 6) is -1.48. The van der Waals surface area contributed by atoms with Crippen molar-refractivity contribution in [1.29, 1.82) is 0 Å². The summed E-state index contributed by atoms with van der Waals surface area (Å²) >= 11 is 0. The van der Waals surface area contributed by atoms with E-state index < -0.39 is 18.1 Å². The van der Waals surface area contributed by atoms with E-state index >= 15 is 0 Å². The van der Waals surface area contributed by atoms with Crippen molar-refractivity contribution in [2.45, 2.75) is 38.1 Å². The minimum absolute atomic E-state index is 0.0181. The molecule has 0 fully saturated rings. The summed E-state index contributed by atoms with van der Waals surface area (Å²) in [7, 11) is 0. The number of carboxylic acids is 1. The fourth-order valence-corrected chi connectivity index (χ4v) is 4.25. The Morgan fingerprint density at radius 1 is 1.12 bits per heavy atom. The Morgan fingerprint density at radius 2 is 1.73 bits per heavy atom. The summed E-state index contributed by atoms with van der Waals surface area (Å²) in [5, 5.41) is 11.7. The summed E-state index contributed by atoms with van der Waals surface area (Å²) < 4.78 is 5.54. The second kappa shape index (κ2) is 11.3. The molecule has 2 amide bonds. The van der Waals surface area contributed by atoms with E-state index in [-0.39, 0.29) is 31.3 Å². The minimum Gasteiger partial charge on any atom is -0.481 e. The first-order valence-electron chi connectivity index (χ1n) is 11.2. The van der Waals surface area contributed by atoms with Gasteiger partial charge < -0.3 is 20.1 Å². The number of hydrogen-bond donors (Lipinski definition) is 2. The molecule has 0 radical (unpaired) electrons. The van der Waals surface area contributed by atoms with Gasteiger partial charge in [-0.1, -0.05) is 61.5 Å². The molecule has 2 aromatic rings. The molecule has 33 heavy (non-hydrogen) atoms. The van der Waals surface area contributed by atoms with Crippen molar-refractivity contribution in [1.82, 2.24) is 10.2 Å². The number of ether oxygens (including phenoxy) is 1. The Kier molecular flexibility index (Phi) is 8.24. The fourth-order valence-electron chi connectivity index (χ4n) is 4.25. The van der Waals surface area contributed by atoms with Crippen LogP contribution in [0.15, 0.2) is 61.2 Å². The molecule has 7 heteroatoms. The average molecular weight is 451 g/mol. The maximum Gasteiger partial charge on any atom is 0.407 e. The van der Waals surface area contributed by atoms with Crippen molar-refractivity contribution < 1.29 is 24.2 Å². The van der Waals surface area contributed by atoms with Gasteiger partial charge in [-0.3, -0.25) is 9.59 Å². The number of hydrogen-bond acceptors (Lipinski definition) is 4. The third kappa shape index (κ3) is 5.80.